The standard InChI is InChI=1S/C70H127NO10/c1-3-5-7-9-11-13-14-15-31-35-38-42-46-50-54-58-66(75)79-59-55-51-47-43-39-36-33-30-28-26-24-22-20-18-16-17-19-21-23-25-27-29-32-34-37-41-45-49-53-57-65(74)71-62(63(73)56-52-48-44-40-12-10-8-6-4-2)61-80-70-69(78)68(77)67(76)64(60-72)81-70/h12,15-16,18,22,24,31,40,52,56,62-64,67-70,72-73,76-78H,3-11,13-14,17,19-21,23,25-30,32-39,41-51,53-55,57-61H2,1-2H3,(H,71,74)/b18-16-,24-22-,31-15-,40-12+,56-52+. The second-order valence-corrected chi connectivity index (χ2v) is 23.5. The Bertz CT molecular complexity index is 1530. The predicted octanol–water partition coefficient (Wildman–Crippen LogP) is 17.0. The molecule has 0 aliphatic carbocycles. The lowest BCUT2D eigenvalue weighted by molar-refractivity contribution is -0.302. The third-order valence-corrected chi connectivity index (χ3v) is 15.8. The number of rotatable bonds is 59. The molecule has 7 atom stereocenters. The van der Waals surface area contributed by atoms with Crippen LogP contribution in [-0.4, -0.2) is 100 Å². The number of amides is 1. The highest BCUT2D eigenvalue weighted by Gasteiger charge is 2.44. The van der Waals surface area contributed by atoms with Crippen molar-refractivity contribution in [1.29, 1.82) is 0 Å². The van der Waals surface area contributed by atoms with Crippen molar-refractivity contribution in [3.8, 4) is 0 Å². The van der Waals surface area contributed by atoms with E-state index in [1.54, 1.807) is 6.08 Å². The topological polar surface area (TPSA) is 175 Å². The van der Waals surface area contributed by atoms with E-state index in [9.17, 15) is 35.1 Å². The first-order valence-corrected chi connectivity index (χ1v) is 34.1. The fourth-order valence-corrected chi connectivity index (χ4v) is 10.4. The molecule has 1 amide bonds. The summed E-state index contributed by atoms with van der Waals surface area (Å²) >= 11 is 0. The molecule has 0 aromatic carbocycles. The number of unbranched alkanes of at least 4 members (excludes halogenated alkanes) is 37. The van der Waals surface area contributed by atoms with E-state index in [4.69, 9.17) is 14.2 Å². The summed E-state index contributed by atoms with van der Waals surface area (Å²) in [5.74, 6) is -0.201. The Hall–Kier alpha value is -2.64. The van der Waals surface area contributed by atoms with Crippen LogP contribution in [0.15, 0.2) is 60.8 Å². The van der Waals surface area contributed by atoms with Gasteiger partial charge in [0.15, 0.2) is 6.29 Å². The Balaban J connectivity index is 1.95. The Morgan fingerprint density at radius 3 is 1.32 bits per heavy atom. The van der Waals surface area contributed by atoms with Crippen molar-refractivity contribution in [3.63, 3.8) is 0 Å². The van der Waals surface area contributed by atoms with E-state index in [-0.39, 0.29) is 18.5 Å². The number of aliphatic hydroxyl groups excluding tert-OH is 5. The summed E-state index contributed by atoms with van der Waals surface area (Å²) in [4.78, 5) is 25.1. The number of ether oxygens (including phenoxy) is 3. The van der Waals surface area contributed by atoms with Gasteiger partial charge in [-0.15, -0.1) is 0 Å². The summed E-state index contributed by atoms with van der Waals surface area (Å²) in [7, 11) is 0. The Morgan fingerprint density at radius 1 is 0.457 bits per heavy atom. The molecule has 0 bridgehead atoms. The van der Waals surface area contributed by atoms with Crippen LogP contribution in [0.5, 0.6) is 0 Å². The minimum atomic E-state index is -1.58. The zero-order chi connectivity index (χ0) is 58.7. The number of hydrogen-bond donors (Lipinski definition) is 6. The van der Waals surface area contributed by atoms with Gasteiger partial charge in [0.1, 0.15) is 24.4 Å². The van der Waals surface area contributed by atoms with E-state index >= 15 is 0 Å². The largest absolute Gasteiger partial charge is 0.466 e. The second kappa shape index (κ2) is 59.1. The number of aliphatic hydroxyl groups is 5. The number of carbonyl (C=O) groups is 2. The molecule has 0 aromatic rings. The van der Waals surface area contributed by atoms with Crippen LogP contribution in [0.3, 0.4) is 0 Å². The molecular weight excluding hydrogens is 1010 g/mol. The Morgan fingerprint density at radius 2 is 0.840 bits per heavy atom. The highest BCUT2D eigenvalue weighted by atomic mass is 16.7. The summed E-state index contributed by atoms with van der Waals surface area (Å²) in [6.07, 6.45) is 68.0. The van der Waals surface area contributed by atoms with Crippen molar-refractivity contribution in [1.82, 2.24) is 5.32 Å². The fourth-order valence-electron chi connectivity index (χ4n) is 10.4. The lowest BCUT2D eigenvalue weighted by Crippen LogP contribution is -2.60. The molecule has 1 fully saturated rings. The maximum Gasteiger partial charge on any atom is 0.305 e. The monoisotopic (exact) mass is 1140 g/mol. The highest BCUT2D eigenvalue weighted by Crippen LogP contribution is 2.23. The average Bonchev–Trinajstić information content (AvgIpc) is 3.47. The molecule has 7 unspecified atom stereocenters. The first-order chi connectivity index (χ1) is 39.7. The number of allylic oxidation sites excluding steroid dienone is 9. The molecule has 1 aliphatic rings. The van der Waals surface area contributed by atoms with E-state index in [1.165, 1.54) is 218 Å². The average molecular weight is 1140 g/mol. The molecule has 1 heterocycles. The molecule has 0 saturated carbocycles. The number of nitrogens with one attached hydrogen (secondary N) is 1. The summed E-state index contributed by atoms with van der Waals surface area (Å²) in [6, 6.07) is -0.828. The zero-order valence-electron chi connectivity index (χ0n) is 52.2. The van der Waals surface area contributed by atoms with Crippen molar-refractivity contribution in [2.45, 2.75) is 352 Å². The van der Waals surface area contributed by atoms with Crippen molar-refractivity contribution >= 4 is 11.9 Å². The van der Waals surface area contributed by atoms with Gasteiger partial charge in [-0.25, -0.2) is 0 Å². The van der Waals surface area contributed by atoms with Gasteiger partial charge in [-0.1, -0.05) is 254 Å². The smallest absolute Gasteiger partial charge is 0.305 e. The van der Waals surface area contributed by atoms with Crippen molar-refractivity contribution in [2.75, 3.05) is 19.8 Å². The van der Waals surface area contributed by atoms with Gasteiger partial charge in [0.25, 0.3) is 0 Å². The van der Waals surface area contributed by atoms with Crippen LogP contribution in [0.4, 0.5) is 0 Å². The van der Waals surface area contributed by atoms with Gasteiger partial charge in [0.05, 0.1) is 32.0 Å². The molecule has 1 rings (SSSR count). The van der Waals surface area contributed by atoms with Gasteiger partial charge in [-0.05, 0) is 103 Å². The lowest BCUT2D eigenvalue weighted by Gasteiger charge is -2.40. The number of hydrogen-bond acceptors (Lipinski definition) is 10. The van der Waals surface area contributed by atoms with Gasteiger partial charge in [0, 0.05) is 12.8 Å². The van der Waals surface area contributed by atoms with Gasteiger partial charge >= 0.3 is 5.97 Å². The van der Waals surface area contributed by atoms with Gasteiger partial charge in [-0.3, -0.25) is 9.59 Å². The maximum absolute atomic E-state index is 13.0. The molecular formula is C70H127NO10. The summed E-state index contributed by atoms with van der Waals surface area (Å²) in [6.45, 7) is 4.28. The van der Waals surface area contributed by atoms with E-state index in [0.29, 0.717) is 19.4 Å². The first kappa shape index (κ1) is 76.4. The number of esters is 1. The maximum atomic E-state index is 13.0. The van der Waals surface area contributed by atoms with Crippen LogP contribution in [0, 0.1) is 0 Å². The van der Waals surface area contributed by atoms with Crippen molar-refractivity contribution in [3.05, 3.63) is 60.8 Å². The van der Waals surface area contributed by atoms with Crippen LogP contribution in [0.25, 0.3) is 0 Å². The van der Waals surface area contributed by atoms with Crippen LogP contribution in [0.2, 0.25) is 0 Å². The summed E-state index contributed by atoms with van der Waals surface area (Å²) < 4.78 is 16.7. The van der Waals surface area contributed by atoms with E-state index < -0.39 is 49.5 Å². The lowest BCUT2D eigenvalue weighted by atomic mass is 9.99. The molecule has 11 nitrogen and oxygen atoms in total. The van der Waals surface area contributed by atoms with E-state index in [1.807, 2.05) is 6.08 Å². The minimum absolute atomic E-state index is 0.00531. The van der Waals surface area contributed by atoms with Crippen molar-refractivity contribution < 1.29 is 49.3 Å². The SMILES string of the molecule is CCCCC/C=C/CC/C=C/C(O)C(COC1OC(CO)C(O)C(O)C1O)NC(=O)CCCCCCCCCCCCCCC/C=C\C/C=C\CCCCCCCCCCCOC(=O)CCCCCCC/C=C\CCCCCCCC. The van der Waals surface area contributed by atoms with Gasteiger partial charge < -0.3 is 45.1 Å². The third kappa shape index (κ3) is 48.3. The predicted molar refractivity (Wildman–Crippen MR) is 338 cm³/mol. The molecule has 11 heteroatoms. The zero-order valence-corrected chi connectivity index (χ0v) is 52.2. The van der Waals surface area contributed by atoms with Crippen LogP contribution in [-0.2, 0) is 23.8 Å². The van der Waals surface area contributed by atoms with E-state index in [2.05, 4.69) is 67.8 Å². The normalized spacial score (nSPS) is 18.6. The van der Waals surface area contributed by atoms with Crippen molar-refractivity contribution in [2.24, 2.45) is 0 Å². The molecule has 0 spiro atoms. The van der Waals surface area contributed by atoms with Crippen LogP contribution >= 0.6 is 0 Å². The third-order valence-electron chi connectivity index (χ3n) is 15.8. The van der Waals surface area contributed by atoms with Crippen LogP contribution < -0.4 is 5.32 Å². The molecule has 81 heavy (non-hydrogen) atoms. The Labute approximate surface area is 497 Å². The Kier molecular flexibility index (Phi) is 55.7. The van der Waals surface area contributed by atoms with Gasteiger partial charge in [0.2, 0.25) is 5.91 Å². The molecule has 1 aliphatic heterocycles. The van der Waals surface area contributed by atoms with Gasteiger partial charge in [-0.2, -0.15) is 0 Å². The number of carbonyl (C=O) groups excluding carboxylic acids is 2. The molecule has 6 N–H and O–H groups in total. The molecule has 0 aromatic heterocycles. The molecule has 1 saturated heterocycles. The quantitative estimate of drug-likeness (QED) is 0.0195. The second-order valence-electron chi connectivity index (χ2n) is 23.5. The summed E-state index contributed by atoms with van der Waals surface area (Å²) in [5.41, 5.74) is 0. The first-order valence-electron chi connectivity index (χ1n) is 34.1. The van der Waals surface area contributed by atoms with E-state index in [0.717, 1.165) is 64.2 Å². The fraction of sp³-hybridized carbons (Fsp3) is 0.829. The van der Waals surface area contributed by atoms with Crippen LogP contribution in [0.1, 0.15) is 309 Å². The molecule has 0 radical (unpaired) electrons. The summed E-state index contributed by atoms with van der Waals surface area (Å²) in [5, 5.41) is 54.2. The minimum Gasteiger partial charge on any atom is -0.466 e. The molecule has 472 valence electrons. The highest BCUT2D eigenvalue weighted by molar-refractivity contribution is 5.76.